The summed E-state index contributed by atoms with van der Waals surface area (Å²) < 4.78 is 5.27. The summed E-state index contributed by atoms with van der Waals surface area (Å²) in [6, 6.07) is 7.06. The highest BCUT2D eigenvalue weighted by Crippen LogP contribution is 2.13. The second-order valence-electron chi connectivity index (χ2n) is 2.64. The lowest BCUT2D eigenvalue weighted by molar-refractivity contribution is 0.203. The van der Waals surface area contributed by atoms with Crippen LogP contribution in [0.1, 0.15) is 6.42 Å². The number of halogens is 1. The maximum atomic E-state index is 8.74. The maximum absolute atomic E-state index is 8.74. The molecule has 0 fully saturated rings. The zero-order valence-electron chi connectivity index (χ0n) is 7.11. The van der Waals surface area contributed by atoms with Gasteiger partial charge in [0, 0.05) is 12.1 Å². The molecule has 1 aromatic rings. The van der Waals surface area contributed by atoms with Gasteiger partial charge in [0.15, 0.2) is 0 Å². The van der Waals surface area contributed by atoms with Gasteiger partial charge in [-0.25, -0.2) is 0 Å². The molecule has 0 amide bonds. The number of nitrogen functional groups attached to an aromatic ring is 1. The number of hydrogen-bond acceptors (Lipinski definition) is 3. The quantitative estimate of drug-likeness (QED) is 0.575. The first-order valence-corrected chi connectivity index (χ1v) is 4.42. The van der Waals surface area contributed by atoms with E-state index in [0.29, 0.717) is 18.7 Å². The van der Waals surface area contributed by atoms with Crippen LogP contribution >= 0.6 is 11.6 Å². The summed E-state index contributed by atoms with van der Waals surface area (Å²) >= 11 is 5.32. The second kappa shape index (κ2) is 4.94. The van der Waals surface area contributed by atoms with Crippen molar-refractivity contribution in [1.29, 1.82) is 0 Å². The van der Waals surface area contributed by atoms with E-state index in [1.54, 1.807) is 24.3 Å². The lowest BCUT2D eigenvalue weighted by Crippen LogP contribution is -2.05. The van der Waals surface area contributed by atoms with Crippen molar-refractivity contribution >= 4 is 17.3 Å². The standard InChI is InChI=1S/C9H12ClNO2/c10-9(12)5-6-13-8-3-1-7(11)2-4-8/h1-4,9,12H,5-6,11H2. The molecular formula is C9H12ClNO2. The van der Waals surface area contributed by atoms with E-state index < -0.39 is 5.56 Å². The Morgan fingerprint density at radius 1 is 1.38 bits per heavy atom. The monoisotopic (exact) mass is 201 g/mol. The van der Waals surface area contributed by atoms with Gasteiger partial charge in [0.25, 0.3) is 0 Å². The molecule has 0 radical (unpaired) electrons. The van der Waals surface area contributed by atoms with Gasteiger partial charge in [-0.2, -0.15) is 0 Å². The molecule has 0 spiro atoms. The van der Waals surface area contributed by atoms with Crippen LogP contribution in [0.15, 0.2) is 24.3 Å². The molecule has 4 heteroatoms. The summed E-state index contributed by atoms with van der Waals surface area (Å²) in [4.78, 5) is 0. The van der Waals surface area contributed by atoms with Crippen molar-refractivity contribution < 1.29 is 9.84 Å². The van der Waals surface area contributed by atoms with E-state index in [9.17, 15) is 0 Å². The number of benzene rings is 1. The third kappa shape index (κ3) is 4.01. The minimum absolute atomic E-state index is 0.397. The van der Waals surface area contributed by atoms with Crippen LogP contribution in [0.2, 0.25) is 0 Å². The van der Waals surface area contributed by atoms with Crippen molar-refractivity contribution in [1.82, 2.24) is 0 Å². The molecule has 0 saturated carbocycles. The van der Waals surface area contributed by atoms with E-state index in [1.807, 2.05) is 0 Å². The van der Waals surface area contributed by atoms with Gasteiger partial charge in [-0.15, -0.1) is 0 Å². The molecule has 0 heterocycles. The first-order chi connectivity index (χ1) is 6.18. The average molecular weight is 202 g/mol. The van der Waals surface area contributed by atoms with Crippen LogP contribution in [-0.2, 0) is 0 Å². The van der Waals surface area contributed by atoms with Gasteiger partial charge in [0.05, 0.1) is 6.61 Å². The Hall–Kier alpha value is -0.930. The van der Waals surface area contributed by atoms with Crippen molar-refractivity contribution in [3.05, 3.63) is 24.3 Å². The van der Waals surface area contributed by atoms with Crippen molar-refractivity contribution in [2.45, 2.75) is 12.0 Å². The Bertz CT molecular complexity index is 248. The Morgan fingerprint density at radius 3 is 2.54 bits per heavy atom. The highest BCUT2D eigenvalue weighted by Gasteiger charge is 1.98. The number of anilines is 1. The zero-order chi connectivity index (χ0) is 9.68. The predicted octanol–water partition coefficient (Wildman–Crippen LogP) is 1.59. The van der Waals surface area contributed by atoms with Gasteiger partial charge < -0.3 is 15.6 Å². The normalized spacial score (nSPS) is 12.5. The molecule has 0 saturated heterocycles. The molecule has 0 aliphatic heterocycles. The molecule has 1 unspecified atom stereocenters. The molecule has 1 rings (SSSR count). The van der Waals surface area contributed by atoms with Crippen molar-refractivity contribution in [3.63, 3.8) is 0 Å². The lowest BCUT2D eigenvalue weighted by atomic mass is 10.3. The minimum Gasteiger partial charge on any atom is -0.493 e. The Morgan fingerprint density at radius 2 is 2.00 bits per heavy atom. The van der Waals surface area contributed by atoms with Gasteiger partial charge in [-0.1, -0.05) is 11.6 Å². The number of ether oxygens (including phenoxy) is 1. The smallest absolute Gasteiger partial charge is 0.131 e. The molecular weight excluding hydrogens is 190 g/mol. The first-order valence-electron chi connectivity index (χ1n) is 3.99. The van der Waals surface area contributed by atoms with E-state index in [4.69, 9.17) is 27.2 Å². The second-order valence-corrected chi connectivity index (χ2v) is 3.14. The van der Waals surface area contributed by atoms with Crippen molar-refractivity contribution in [2.75, 3.05) is 12.3 Å². The summed E-state index contributed by atoms with van der Waals surface area (Å²) in [6.07, 6.45) is 0.409. The van der Waals surface area contributed by atoms with Crippen molar-refractivity contribution in [2.24, 2.45) is 0 Å². The van der Waals surface area contributed by atoms with Crippen LogP contribution in [-0.4, -0.2) is 17.3 Å². The van der Waals surface area contributed by atoms with Gasteiger partial charge in [0.1, 0.15) is 11.3 Å². The number of aliphatic hydroxyl groups excluding tert-OH is 1. The van der Waals surface area contributed by atoms with Crippen LogP contribution in [0.3, 0.4) is 0 Å². The summed E-state index contributed by atoms with van der Waals surface area (Å²) in [6.45, 7) is 0.397. The maximum Gasteiger partial charge on any atom is 0.131 e. The molecule has 3 N–H and O–H groups in total. The highest BCUT2D eigenvalue weighted by molar-refractivity contribution is 6.19. The molecule has 1 aromatic carbocycles. The molecule has 0 bridgehead atoms. The van der Waals surface area contributed by atoms with E-state index in [0.717, 1.165) is 5.75 Å². The fourth-order valence-corrected chi connectivity index (χ4v) is 0.927. The molecule has 1 atom stereocenters. The fraction of sp³-hybridized carbons (Fsp3) is 0.333. The van der Waals surface area contributed by atoms with Gasteiger partial charge in [-0.05, 0) is 24.3 Å². The summed E-state index contributed by atoms with van der Waals surface area (Å²) in [7, 11) is 0. The number of nitrogens with two attached hydrogens (primary N) is 1. The Balaban J connectivity index is 2.33. The molecule has 13 heavy (non-hydrogen) atoms. The zero-order valence-corrected chi connectivity index (χ0v) is 7.87. The lowest BCUT2D eigenvalue weighted by Gasteiger charge is -2.06. The van der Waals surface area contributed by atoms with Crippen LogP contribution < -0.4 is 10.5 Å². The summed E-state index contributed by atoms with van der Waals surface area (Å²) in [5.41, 5.74) is 5.35. The van der Waals surface area contributed by atoms with E-state index in [2.05, 4.69) is 0 Å². The van der Waals surface area contributed by atoms with Crippen LogP contribution in [0.25, 0.3) is 0 Å². The SMILES string of the molecule is Nc1ccc(OCCC(O)Cl)cc1. The van der Waals surface area contributed by atoms with Gasteiger partial charge >= 0.3 is 0 Å². The van der Waals surface area contributed by atoms with Crippen molar-refractivity contribution in [3.8, 4) is 5.75 Å². The first kappa shape index (κ1) is 10.2. The van der Waals surface area contributed by atoms with Crippen LogP contribution in [0, 0.1) is 0 Å². The molecule has 0 aliphatic carbocycles. The van der Waals surface area contributed by atoms with E-state index in [-0.39, 0.29) is 0 Å². The van der Waals surface area contributed by atoms with E-state index >= 15 is 0 Å². The topological polar surface area (TPSA) is 55.5 Å². The number of aliphatic hydroxyl groups is 1. The van der Waals surface area contributed by atoms with Crippen LogP contribution in [0.4, 0.5) is 5.69 Å². The van der Waals surface area contributed by atoms with E-state index in [1.165, 1.54) is 0 Å². The predicted molar refractivity (Wildman–Crippen MR) is 52.8 cm³/mol. The average Bonchev–Trinajstić information content (AvgIpc) is 2.08. The Kier molecular flexibility index (Phi) is 3.86. The Labute approximate surface area is 82.1 Å². The largest absolute Gasteiger partial charge is 0.493 e. The fourth-order valence-electron chi connectivity index (χ4n) is 0.838. The number of rotatable bonds is 4. The number of hydrogen-bond donors (Lipinski definition) is 2. The number of alkyl halides is 1. The summed E-state index contributed by atoms with van der Waals surface area (Å²) in [5.74, 6) is 0.728. The van der Waals surface area contributed by atoms with Gasteiger partial charge in [0.2, 0.25) is 0 Å². The highest BCUT2D eigenvalue weighted by atomic mass is 35.5. The van der Waals surface area contributed by atoms with Crippen LogP contribution in [0.5, 0.6) is 5.75 Å². The third-order valence-electron chi connectivity index (χ3n) is 1.50. The minimum atomic E-state index is -0.839. The third-order valence-corrected chi connectivity index (χ3v) is 1.72. The van der Waals surface area contributed by atoms with Gasteiger partial charge in [-0.3, -0.25) is 0 Å². The molecule has 3 nitrogen and oxygen atoms in total. The molecule has 0 aromatic heterocycles. The summed E-state index contributed by atoms with van der Waals surface area (Å²) in [5, 5.41) is 8.74. The molecule has 0 aliphatic rings. The molecule has 72 valence electrons.